The number of hydrogen-bond acceptors (Lipinski definition) is 8. The first-order valence-corrected chi connectivity index (χ1v) is 10.2. The van der Waals surface area contributed by atoms with Crippen molar-refractivity contribution >= 4 is 17.2 Å². The Hall–Kier alpha value is -3.59. The zero-order chi connectivity index (χ0) is 21.4. The molecule has 9 heteroatoms. The van der Waals surface area contributed by atoms with Crippen molar-refractivity contribution in [2.75, 3.05) is 18.9 Å². The summed E-state index contributed by atoms with van der Waals surface area (Å²) in [5.74, 6) is 0.635. The number of nitrogens with zero attached hydrogens (tertiary/aromatic N) is 5. The summed E-state index contributed by atoms with van der Waals surface area (Å²) in [5, 5.41) is 0. The molecule has 0 spiro atoms. The van der Waals surface area contributed by atoms with E-state index in [1.807, 2.05) is 29.7 Å². The maximum atomic E-state index is 13.0. The van der Waals surface area contributed by atoms with Crippen molar-refractivity contribution < 1.29 is 13.9 Å². The SMILES string of the molecule is Cc1cnc2ccc(-c3nc(C(=O)CC[C@@H]4CCOC4)c(N)nc3-c3ncco3)cn12. The lowest BCUT2D eigenvalue weighted by Crippen LogP contribution is -2.13. The zero-order valence-electron chi connectivity index (χ0n) is 17.1. The number of carbonyl (C=O) groups is 1. The quantitative estimate of drug-likeness (QED) is 0.473. The van der Waals surface area contributed by atoms with E-state index in [0.29, 0.717) is 36.2 Å². The predicted molar refractivity (Wildman–Crippen MR) is 113 cm³/mol. The second-order valence-corrected chi connectivity index (χ2v) is 7.73. The van der Waals surface area contributed by atoms with Crippen molar-refractivity contribution in [2.45, 2.75) is 26.2 Å². The number of ketones is 1. The maximum absolute atomic E-state index is 13.0. The summed E-state index contributed by atoms with van der Waals surface area (Å²) in [6, 6.07) is 3.78. The number of hydrogen-bond donors (Lipinski definition) is 1. The highest BCUT2D eigenvalue weighted by Crippen LogP contribution is 2.31. The van der Waals surface area contributed by atoms with Gasteiger partial charge in [-0.2, -0.15) is 0 Å². The molecule has 1 aliphatic heterocycles. The smallest absolute Gasteiger partial charge is 0.247 e. The van der Waals surface area contributed by atoms with Gasteiger partial charge < -0.3 is 19.3 Å². The van der Waals surface area contributed by atoms with Gasteiger partial charge in [-0.25, -0.2) is 19.9 Å². The van der Waals surface area contributed by atoms with Crippen LogP contribution in [0.5, 0.6) is 0 Å². The molecule has 1 saturated heterocycles. The summed E-state index contributed by atoms with van der Waals surface area (Å²) in [5.41, 5.74) is 9.75. The van der Waals surface area contributed by atoms with Gasteiger partial charge in [0, 0.05) is 43.3 Å². The lowest BCUT2D eigenvalue weighted by atomic mass is 9.99. The number of fused-ring (bicyclic) bond motifs is 1. The van der Waals surface area contributed by atoms with E-state index in [-0.39, 0.29) is 17.3 Å². The van der Waals surface area contributed by atoms with Gasteiger partial charge in [0.15, 0.2) is 17.3 Å². The molecular weight excluding hydrogens is 396 g/mol. The van der Waals surface area contributed by atoms with Gasteiger partial charge in [-0.05, 0) is 37.8 Å². The molecule has 5 rings (SSSR count). The average molecular weight is 418 g/mol. The average Bonchev–Trinajstić information content (AvgIpc) is 3.55. The van der Waals surface area contributed by atoms with Crippen LogP contribution in [0.2, 0.25) is 0 Å². The molecule has 0 bridgehead atoms. The number of aromatic nitrogens is 5. The number of carbonyl (C=O) groups excluding carboxylic acids is 1. The third-order valence-electron chi connectivity index (χ3n) is 5.59. The molecule has 0 amide bonds. The monoisotopic (exact) mass is 418 g/mol. The summed E-state index contributed by atoms with van der Waals surface area (Å²) in [6.45, 7) is 3.42. The molecular formula is C22H22N6O3. The lowest BCUT2D eigenvalue weighted by Gasteiger charge is -2.12. The fourth-order valence-corrected chi connectivity index (χ4v) is 3.85. The molecule has 1 atom stereocenters. The van der Waals surface area contributed by atoms with Crippen LogP contribution >= 0.6 is 0 Å². The molecule has 0 aliphatic carbocycles. The second kappa shape index (κ2) is 7.92. The molecule has 158 valence electrons. The highest BCUT2D eigenvalue weighted by molar-refractivity contribution is 5.99. The van der Waals surface area contributed by atoms with Crippen molar-refractivity contribution in [1.82, 2.24) is 24.3 Å². The molecule has 5 heterocycles. The molecule has 4 aromatic rings. The Kier molecular flexibility index (Phi) is 4.95. The van der Waals surface area contributed by atoms with Gasteiger partial charge in [0.2, 0.25) is 5.89 Å². The van der Waals surface area contributed by atoms with Gasteiger partial charge >= 0.3 is 0 Å². The van der Waals surface area contributed by atoms with Crippen LogP contribution in [-0.2, 0) is 4.74 Å². The van der Waals surface area contributed by atoms with E-state index in [1.165, 1.54) is 12.5 Å². The van der Waals surface area contributed by atoms with Gasteiger partial charge in [-0.1, -0.05) is 0 Å². The van der Waals surface area contributed by atoms with E-state index < -0.39 is 0 Å². The van der Waals surface area contributed by atoms with Gasteiger partial charge in [-0.15, -0.1) is 0 Å². The first kappa shape index (κ1) is 19.4. The van der Waals surface area contributed by atoms with E-state index >= 15 is 0 Å². The largest absolute Gasteiger partial charge is 0.443 e. The summed E-state index contributed by atoms with van der Waals surface area (Å²) < 4.78 is 12.8. The molecule has 2 N–H and O–H groups in total. The first-order valence-electron chi connectivity index (χ1n) is 10.2. The molecule has 9 nitrogen and oxygen atoms in total. The fraction of sp³-hybridized carbons (Fsp3) is 0.318. The number of oxazole rings is 1. The number of ether oxygens (including phenoxy) is 1. The summed E-state index contributed by atoms with van der Waals surface area (Å²) in [4.78, 5) is 30.6. The van der Waals surface area contributed by atoms with Crippen molar-refractivity contribution in [3.8, 4) is 22.8 Å². The minimum absolute atomic E-state index is 0.0736. The van der Waals surface area contributed by atoms with Crippen LogP contribution in [0.1, 0.15) is 35.4 Å². The van der Waals surface area contributed by atoms with Crippen LogP contribution in [-0.4, -0.2) is 43.3 Å². The predicted octanol–water partition coefficient (Wildman–Crippen LogP) is 3.34. The van der Waals surface area contributed by atoms with E-state index in [1.54, 1.807) is 6.20 Å². The molecule has 0 unspecified atom stereocenters. The normalized spacial score (nSPS) is 16.2. The van der Waals surface area contributed by atoms with Crippen LogP contribution in [0.15, 0.2) is 41.4 Å². The van der Waals surface area contributed by atoms with Crippen LogP contribution in [0, 0.1) is 12.8 Å². The summed E-state index contributed by atoms with van der Waals surface area (Å²) in [6.07, 6.45) is 8.78. The number of Topliss-reactive ketones (excluding diaryl/α,β-unsaturated/α-hetero) is 1. The molecule has 0 radical (unpaired) electrons. The van der Waals surface area contributed by atoms with E-state index in [9.17, 15) is 4.79 Å². The molecule has 0 saturated carbocycles. The minimum atomic E-state index is -0.128. The van der Waals surface area contributed by atoms with Crippen molar-refractivity contribution in [2.24, 2.45) is 5.92 Å². The number of pyridine rings is 1. The Balaban J connectivity index is 1.57. The van der Waals surface area contributed by atoms with Crippen LogP contribution in [0.3, 0.4) is 0 Å². The van der Waals surface area contributed by atoms with Gasteiger partial charge in [0.25, 0.3) is 0 Å². The van der Waals surface area contributed by atoms with Crippen molar-refractivity contribution in [1.29, 1.82) is 0 Å². The third-order valence-corrected chi connectivity index (χ3v) is 5.59. The van der Waals surface area contributed by atoms with Gasteiger partial charge in [0.05, 0.1) is 6.20 Å². The Morgan fingerprint density at radius 3 is 2.94 bits per heavy atom. The summed E-state index contributed by atoms with van der Waals surface area (Å²) in [7, 11) is 0. The Morgan fingerprint density at radius 1 is 1.26 bits per heavy atom. The molecule has 1 fully saturated rings. The Labute approximate surface area is 178 Å². The highest BCUT2D eigenvalue weighted by atomic mass is 16.5. The van der Waals surface area contributed by atoms with Crippen molar-refractivity contribution in [3.63, 3.8) is 0 Å². The number of nitrogen functional groups attached to an aromatic ring is 1. The fourth-order valence-electron chi connectivity index (χ4n) is 3.85. The minimum Gasteiger partial charge on any atom is -0.443 e. The first-order chi connectivity index (χ1) is 15.1. The lowest BCUT2D eigenvalue weighted by molar-refractivity contribution is 0.0967. The number of aryl methyl sites for hydroxylation is 1. The standard InChI is InChI=1S/C22H22N6O3/c1-13-10-25-17-5-3-15(11-28(13)17)18-20(22-24-7-9-31-22)27-21(23)19(26-18)16(29)4-2-14-6-8-30-12-14/h3,5,7,9-11,14H,2,4,6,8,12H2,1H3,(H2,23,27)/t14-/m1/s1. The zero-order valence-corrected chi connectivity index (χ0v) is 17.1. The molecule has 1 aliphatic rings. The molecule has 31 heavy (non-hydrogen) atoms. The number of imidazole rings is 1. The van der Waals surface area contributed by atoms with Gasteiger partial charge in [0.1, 0.15) is 23.3 Å². The van der Waals surface area contributed by atoms with E-state index in [2.05, 4.69) is 19.9 Å². The number of rotatable bonds is 6. The second-order valence-electron chi connectivity index (χ2n) is 7.73. The van der Waals surface area contributed by atoms with Crippen LogP contribution < -0.4 is 5.73 Å². The van der Waals surface area contributed by atoms with Crippen molar-refractivity contribution in [3.05, 3.63) is 48.4 Å². The van der Waals surface area contributed by atoms with E-state index in [0.717, 1.165) is 36.4 Å². The number of nitrogens with two attached hydrogens (primary N) is 1. The maximum Gasteiger partial charge on any atom is 0.247 e. The highest BCUT2D eigenvalue weighted by Gasteiger charge is 2.24. The van der Waals surface area contributed by atoms with Crippen LogP contribution in [0.4, 0.5) is 5.82 Å². The topological polar surface area (TPSA) is 121 Å². The Bertz CT molecular complexity index is 1240. The van der Waals surface area contributed by atoms with Gasteiger partial charge in [-0.3, -0.25) is 4.79 Å². The van der Waals surface area contributed by atoms with E-state index in [4.69, 9.17) is 14.9 Å². The summed E-state index contributed by atoms with van der Waals surface area (Å²) >= 11 is 0. The molecule has 4 aromatic heterocycles. The molecule has 0 aromatic carbocycles. The third kappa shape index (κ3) is 3.68. The van der Waals surface area contributed by atoms with Crippen LogP contribution in [0.25, 0.3) is 28.5 Å². The number of anilines is 1. The Morgan fingerprint density at radius 2 is 2.16 bits per heavy atom.